The third kappa shape index (κ3) is 4.73. The highest BCUT2D eigenvalue weighted by Crippen LogP contribution is 2.25. The number of hydrogen-bond donors (Lipinski definition) is 1. The van der Waals surface area contributed by atoms with E-state index in [0.29, 0.717) is 23.6 Å². The molecule has 2 rings (SSSR count). The molecule has 0 aliphatic carbocycles. The van der Waals surface area contributed by atoms with Crippen molar-refractivity contribution in [2.45, 2.75) is 13.0 Å². The standard InChI is InChI=1S/C19H21NO5/c1-20(12-15-7-8-16(24-2)11-17(15)25-3)18(21)10-13-5-4-6-14(9-13)19(22)23/h4-9,11H,10,12H2,1-3H3,(H,22,23). The molecule has 6 heteroatoms. The minimum atomic E-state index is -1.01. The molecule has 0 aromatic heterocycles. The SMILES string of the molecule is COc1ccc(CN(C)C(=O)Cc2cccc(C(=O)O)c2)c(OC)c1. The summed E-state index contributed by atoms with van der Waals surface area (Å²) < 4.78 is 10.5. The molecule has 0 aliphatic heterocycles. The van der Waals surface area contributed by atoms with Gasteiger partial charge in [-0.1, -0.05) is 12.1 Å². The van der Waals surface area contributed by atoms with E-state index >= 15 is 0 Å². The number of hydrogen-bond acceptors (Lipinski definition) is 4. The van der Waals surface area contributed by atoms with Crippen LogP contribution in [0.15, 0.2) is 42.5 Å². The minimum absolute atomic E-state index is 0.111. The fourth-order valence-corrected chi connectivity index (χ4v) is 2.45. The average Bonchev–Trinajstić information content (AvgIpc) is 2.62. The van der Waals surface area contributed by atoms with Crippen molar-refractivity contribution in [2.75, 3.05) is 21.3 Å². The molecule has 132 valence electrons. The molecule has 0 saturated carbocycles. The summed E-state index contributed by atoms with van der Waals surface area (Å²) in [5.41, 5.74) is 1.70. The fraction of sp³-hybridized carbons (Fsp3) is 0.263. The molecule has 1 N–H and O–H groups in total. The summed E-state index contributed by atoms with van der Waals surface area (Å²) in [5, 5.41) is 9.03. The van der Waals surface area contributed by atoms with Crippen molar-refractivity contribution in [2.24, 2.45) is 0 Å². The first kappa shape index (κ1) is 18.3. The van der Waals surface area contributed by atoms with Gasteiger partial charge in [-0.2, -0.15) is 0 Å². The van der Waals surface area contributed by atoms with E-state index < -0.39 is 5.97 Å². The molecule has 1 amide bonds. The van der Waals surface area contributed by atoms with Crippen molar-refractivity contribution in [3.63, 3.8) is 0 Å². The lowest BCUT2D eigenvalue weighted by Gasteiger charge is -2.19. The van der Waals surface area contributed by atoms with Gasteiger partial charge in [-0.25, -0.2) is 4.79 Å². The van der Waals surface area contributed by atoms with Crippen LogP contribution in [0.4, 0.5) is 0 Å². The van der Waals surface area contributed by atoms with E-state index in [1.807, 2.05) is 12.1 Å². The van der Waals surface area contributed by atoms with Crippen molar-refractivity contribution >= 4 is 11.9 Å². The summed E-state index contributed by atoms with van der Waals surface area (Å²) in [5.74, 6) is 0.206. The zero-order valence-electron chi connectivity index (χ0n) is 14.5. The Morgan fingerprint density at radius 3 is 2.48 bits per heavy atom. The summed E-state index contributed by atoms with van der Waals surface area (Å²) in [6.45, 7) is 0.380. The molecular formula is C19H21NO5. The van der Waals surface area contributed by atoms with Crippen LogP contribution in [0.5, 0.6) is 11.5 Å². The number of likely N-dealkylation sites (N-methyl/N-ethyl adjacent to an activating group) is 1. The smallest absolute Gasteiger partial charge is 0.335 e. The van der Waals surface area contributed by atoms with Gasteiger partial charge in [0.1, 0.15) is 11.5 Å². The van der Waals surface area contributed by atoms with Gasteiger partial charge in [0.15, 0.2) is 0 Å². The second-order valence-electron chi connectivity index (χ2n) is 5.61. The van der Waals surface area contributed by atoms with Gasteiger partial charge >= 0.3 is 5.97 Å². The van der Waals surface area contributed by atoms with Crippen LogP contribution in [0.3, 0.4) is 0 Å². The van der Waals surface area contributed by atoms with Crippen LogP contribution in [-0.4, -0.2) is 43.2 Å². The Morgan fingerprint density at radius 2 is 1.84 bits per heavy atom. The van der Waals surface area contributed by atoms with E-state index in [1.54, 1.807) is 44.4 Å². The number of nitrogens with zero attached hydrogens (tertiary/aromatic N) is 1. The lowest BCUT2D eigenvalue weighted by molar-refractivity contribution is -0.129. The van der Waals surface area contributed by atoms with Crippen LogP contribution in [0.1, 0.15) is 21.5 Å². The average molecular weight is 343 g/mol. The summed E-state index contributed by atoms with van der Waals surface area (Å²) in [7, 11) is 4.85. The van der Waals surface area contributed by atoms with Crippen molar-refractivity contribution in [3.8, 4) is 11.5 Å². The van der Waals surface area contributed by atoms with E-state index in [2.05, 4.69) is 0 Å². The van der Waals surface area contributed by atoms with Crippen molar-refractivity contribution in [1.29, 1.82) is 0 Å². The fourth-order valence-electron chi connectivity index (χ4n) is 2.45. The molecule has 0 aliphatic rings. The van der Waals surface area contributed by atoms with Gasteiger partial charge in [0, 0.05) is 25.2 Å². The maximum Gasteiger partial charge on any atom is 0.335 e. The Balaban J connectivity index is 2.08. The van der Waals surface area contributed by atoms with Gasteiger partial charge in [-0.05, 0) is 29.8 Å². The zero-order chi connectivity index (χ0) is 18.4. The highest BCUT2D eigenvalue weighted by Gasteiger charge is 2.14. The van der Waals surface area contributed by atoms with Gasteiger partial charge in [0.05, 0.1) is 26.2 Å². The van der Waals surface area contributed by atoms with E-state index in [4.69, 9.17) is 14.6 Å². The normalized spacial score (nSPS) is 10.2. The summed E-state index contributed by atoms with van der Waals surface area (Å²) in [4.78, 5) is 25.0. The number of carboxylic acids is 1. The topological polar surface area (TPSA) is 76.1 Å². The van der Waals surface area contributed by atoms with Gasteiger partial charge in [-0.15, -0.1) is 0 Å². The predicted molar refractivity (Wildman–Crippen MR) is 93.1 cm³/mol. The molecule has 0 radical (unpaired) electrons. The number of aromatic carboxylic acids is 1. The lowest BCUT2D eigenvalue weighted by atomic mass is 10.1. The summed E-state index contributed by atoms with van der Waals surface area (Å²) in [6.07, 6.45) is 0.135. The molecule has 2 aromatic carbocycles. The Hall–Kier alpha value is -3.02. The molecule has 0 saturated heterocycles. The zero-order valence-corrected chi connectivity index (χ0v) is 14.5. The summed E-state index contributed by atoms with van der Waals surface area (Å²) >= 11 is 0. The van der Waals surface area contributed by atoms with Crippen LogP contribution in [-0.2, 0) is 17.8 Å². The first-order valence-electron chi connectivity index (χ1n) is 7.71. The maximum atomic E-state index is 12.4. The first-order chi connectivity index (χ1) is 11.9. The van der Waals surface area contributed by atoms with Gasteiger partial charge < -0.3 is 19.5 Å². The molecule has 0 heterocycles. The minimum Gasteiger partial charge on any atom is -0.497 e. The molecule has 0 bridgehead atoms. The van der Waals surface area contributed by atoms with Crippen LogP contribution in [0.2, 0.25) is 0 Å². The number of methoxy groups -OCH3 is 2. The maximum absolute atomic E-state index is 12.4. The monoisotopic (exact) mass is 343 g/mol. The summed E-state index contributed by atoms with van der Waals surface area (Å²) in [6, 6.07) is 11.8. The van der Waals surface area contributed by atoms with E-state index in [0.717, 1.165) is 5.56 Å². The number of rotatable bonds is 7. The van der Waals surface area contributed by atoms with Crippen LogP contribution in [0.25, 0.3) is 0 Å². The van der Waals surface area contributed by atoms with Gasteiger partial charge in [0.25, 0.3) is 0 Å². The number of ether oxygens (including phenoxy) is 2. The first-order valence-corrected chi connectivity index (χ1v) is 7.71. The van der Waals surface area contributed by atoms with Crippen LogP contribution >= 0.6 is 0 Å². The second-order valence-corrected chi connectivity index (χ2v) is 5.61. The number of carboxylic acid groups (broad SMARTS) is 1. The molecule has 6 nitrogen and oxygen atoms in total. The van der Waals surface area contributed by atoms with E-state index in [1.165, 1.54) is 12.1 Å². The number of amides is 1. The molecule has 25 heavy (non-hydrogen) atoms. The molecule has 0 spiro atoms. The Bertz CT molecular complexity index is 772. The largest absolute Gasteiger partial charge is 0.497 e. The van der Waals surface area contributed by atoms with E-state index in [9.17, 15) is 9.59 Å². The Kier molecular flexibility index (Phi) is 6.00. The second kappa shape index (κ2) is 8.19. The Labute approximate surface area is 146 Å². The van der Waals surface area contributed by atoms with Crippen molar-refractivity contribution in [3.05, 3.63) is 59.2 Å². The van der Waals surface area contributed by atoms with Crippen LogP contribution in [0, 0.1) is 0 Å². The van der Waals surface area contributed by atoms with Gasteiger partial charge in [-0.3, -0.25) is 4.79 Å². The number of benzene rings is 2. The molecular weight excluding hydrogens is 322 g/mol. The quantitative estimate of drug-likeness (QED) is 0.836. The predicted octanol–water partition coefficient (Wildman–Crippen LogP) is 2.60. The molecule has 0 atom stereocenters. The lowest BCUT2D eigenvalue weighted by Crippen LogP contribution is -2.28. The Morgan fingerprint density at radius 1 is 1.08 bits per heavy atom. The van der Waals surface area contributed by atoms with Crippen molar-refractivity contribution < 1.29 is 24.2 Å². The van der Waals surface area contributed by atoms with Crippen LogP contribution < -0.4 is 9.47 Å². The molecule has 0 fully saturated rings. The third-order valence-electron chi connectivity index (χ3n) is 3.86. The van der Waals surface area contributed by atoms with E-state index in [-0.39, 0.29) is 17.9 Å². The van der Waals surface area contributed by atoms with Gasteiger partial charge in [0.2, 0.25) is 5.91 Å². The highest BCUT2D eigenvalue weighted by molar-refractivity contribution is 5.88. The third-order valence-corrected chi connectivity index (χ3v) is 3.86. The molecule has 2 aromatic rings. The highest BCUT2D eigenvalue weighted by atomic mass is 16.5. The van der Waals surface area contributed by atoms with Crippen molar-refractivity contribution in [1.82, 2.24) is 4.90 Å². The molecule has 0 unspecified atom stereocenters. The number of carbonyl (C=O) groups is 2. The number of carbonyl (C=O) groups excluding carboxylic acids is 1.